The molecule has 0 unspecified atom stereocenters. The van der Waals surface area contributed by atoms with Crippen LogP contribution in [0.5, 0.6) is 0 Å². The van der Waals surface area contributed by atoms with Crippen LogP contribution in [-0.4, -0.2) is 38.3 Å². The topological polar surface area (TPSA) is 99.8 Å². The number of carbonyl (C=O) groups excluding carboxylic acids is 2. The molecule has 10 heteroatoms. The standard InChI is InChI=1S/C27H25N5O2S3/c1-15-10-16(2)25(17(3)11-15)32-24(34)14-36-27-31-21-9-8-18(12-22(21)37-27)28-23(33)13-35-26-29-19-6-4-5-7-20(19)30-26/h4-12H,13-14H2,1-3H3,(H,28,33)(H,29,30)(H,32,34). The number of hydrogen-bond acceptors (Lipinski definition) is 7. The van der Waals surface area contributed by atoms with E-state index in [1.54, 1.807) is 0 Å². The zero-order valence-corrected chi connectivity index (χ0v) is 23.0. The number of aryl methyl sites for hydroxylation is 3. The molecule has 0 saturated heterocycles. The molecular weight excluding hydrogens is 523 g/mol. The van der Waals surface area contributed by atoms with Crippen molar-refractivity contribution in [1.29, 1.82) is 0 Å². The smallest absolute Gasteiger partial charge is 0.234 e. The molecule has 0 atom stereocenters. The van der Waals surface area contributed by atoms with E-state index in [2.05, 4.69) is 37.7 Å². The predicted octanol–water partition coefficient (Wildman–Crippen LogP) is 6.56. The molecule has 0 aliphatic heterocycles. The molecule has 37 heavy (non-hydrogen) atoms. The summed E-state index contributed by atoms with van der Waals surface area (Å²) in [6, 6.07) is 17.6. The third-order valence-corrected chi connectivity index (χ3v) is 8.66. The van der Waals surface area contributed by atoms with E-state index in [1.165, 1.54) is 40.4 Å². The van der Waals surface area contributed by atoms with E-state index in [-0.39, 0.29) is 23.3 Å². The molecule has 3 aromatic carbocycles. The number of rotatable bonds is 8. The van der Waals surface area contributed by atoms with Crippen molar-refractivity contribution in [3.05, 3.63) is 71.3 Å². The van der Waals surface area contributed by atoms with E-state index in [0.717, 1.165) is 42.4 Å². The number of aromatic nitrogens is 3. The Hall–Kier alpha value is -3.34. The third-order valence-electron chi connectivity index (χ3n) is 5.63. The van der Waals surface area contributed by atoms with E-state index in [0.29, 0.717) is 10.8 Å². The van der Waals surface area contributed by atoms with Crippen molar-refractivity contribution in [2.24, 2.45) is 0 Å². The first kappa shape index (κ1) is 25.3. The lowest BCUT2D eigenvalue weighted by atomic mass is 10.1. The minimum Gasteiger partial charge on any atom is -0.333 e. The van der Waals surface area contributed by atoms with E-state index >= 15 is 0 Å². The Morgan fingerprint density at radius 3 is 2.38 bits per heavy atom. The van der Waals surface area contributed by atoms with Gasteiger partial charge in [-0.15, -0.1) is 11.3 Å². The number of imidazole rings is 1. The molecule has 2 amide bonds. The van der Waals surface area contributed by atoms with Gasteiger partial charge in [0.05, 0.1) is 32.8 Å². The number of thiazole rings is 1. The number of thioether (sulfide) groups is 2. The van der Waals surface area contributed by atoms with Crippen LogP contribution in [0.1, 0.15) is 16.7 Å². The monoisotopic (exact) mass is 547 g/mol. The number of anilines is 2. The lowest BCUT2D eigenvalue weighted by Crippen LogP contribution is -2.15. The van der Waals surface area contributed by atoms with Gasteiger partial charge in [-0.3, -0.25) is 9.59 Å². The maximum atomic E-state index is 12.6. The molecule has 0 spiro atoms. The maximum Gasteiger partial charge on any atom is 0.234 e. The highest BCUT2D eigenvalue weighted by Crippen LogP contribution is 2.32. The Labute approximate surface area is 226 Å². The Balaban J connectivity index is 1.16. The van der Waals surface area contributed by atoms with Crippen LogP contribution in [0.4, 0.5) is 11.4 Å². The summed E-state index contributed by atoms with van der Waals surface area (Å²) in [5, 5.41) is 6.69. The zero-order chi connectivity index (χ0) is 25.9. The van der Waals surface area contributed by atoms with Crippen molar-refractivity contribution in [3.8, 4) is 0 Å². The average Bonchev–Trinajstić information content (AvgIpc) is 3.46. The van der Waals surface area contributed by atoms with Gasteiger partial charge in [0, 0.05) is 11.4 Å². The lowest BCUT2D eigenvalue weighted by Gasteiger charge is -2.12. The number of benzene rings is 3. The number of nitrogens with one attached hydrogen (secondary N) is 3. The van der Waals surface area contributed by atoms with Crippen molar-refractivity contribution >= 4 is 79.3 Å². The van der Waals surface area contributed by atoms with Crippen molar-refractivity contribution < 1.29 is 9.59 Å². The highest BCUT2D eigenvalue weighted by atomic mass is 32.2. The number of nitrogens with zero attached hydrogens (tertiary/aromatic N) is 2. The number of carbonyl (C=O) groups is 2. The first-order valence-corrected chi connectivity index (χ1v) is 14.4. The lowest BCUT2D eigenvalue weighted by molar-refractivity contribution is -0.114. The Kier molecular flexibility index (Phi) is 7.50. The molecule has 5 rings (SSSR count). The SMILES string of the molecule is Cc1cc(C)c(NC(=O)CSc2nc3ccc(NC(=O)CSc4nc5ccccc5[nH]4)cc3s2)c(C)c1. The summed E-state index contributed by atoms with van der Waals surface area (Å²) >= 11 is 4.28. The highest BCUT2D eigenvalue weighted by Gasteiger charge is 2.13. The molecule has 0 aliphatic rings. The van der Waals surface area contributed by atoms with Gasteiger partial charge in [0.25, 0.3) is 0 Å². The first-order chi connectivity index (χ1) is 17.8. The maximum absolute atomic E-state index is 12.6. The van der Waals surface area contributed by atoms with Gasteiger partial charge in [-0.1, -0.05) is 53.4 Å². The number of hydrogen-bond donors (Lipinski definition) is 3. The summed E-state index contributed by atoms with van der Waals surface area (Å²) < 4.78 is 1.77. The predicted molar refractivity (Wildman–Crippen MR) is 155 cm³/mol. The van der Waals surface area contributed by atoms with Crippen LogP contribution in [0.2, 0.25) is 0 Å². The second-order valence-corrected chi connectivity index (χ2v) is 11.9. The summed E-state index contributed by atoms with van der Waals surface area (Å²) in [6.45, 7) is 6.06. The summed E-state index contributed by atoms with van der Waals surface area (Å²) in [5.74, 6) is 0.350. The van der Waals surface area contributed by atoms with Crippen LogP contribution in [-0.2, 0) is 9.59 Å². The van der Waals surface area contributed by atoms with Crippen LogP contribution in [0.25, 0.3) is 21.3 Å². The van der Waals surface area contributed by atoms with Gasteiger partial charge in [-0.05, 0) is 62.2 Å². The minimum absolute atomic E-state index is 0.0609. The highest BCUT2D eigenvalue weighted by molar-refractivity contribution is 8.01. The van der Waals surface area contributed by atoms with Gasteiger partial charge < -0.3 is 15.6 Å². The Morgan fingerprint density at radius 2 is 1.59 bits per heavy atom. The number of aromatic amines is 1. The Morgan fingerprint density at radius 1 is 0.865 bits per heavy atom. The molecule has 0 bridgehead atoms. The Bertz CT molecular complexity index is 1570. The zero-order valence-electron chi connectivity index (χ0n) is 20.5. The summed E-state index contributed by atoms with van der Waals surface area (Å²) in [4.78, 5) is 37.4. The van der Waals surface area contributed by atoms with Crippen LogP contribution in [0, 0.1) is 20.8 Å². The van der Waals surface area contributed by atoms with Crippen molar-refractivity contribution in [1.82, 2.24) is 15.0 Å². The van der Waals surface area contributed by atoms with Crippen molar-refractivity contribution in [2.75, 3.05) is 22.1 Å². The molecule has 188 valence electrons. The van der Waals surface area contributed by atoms with E-state index in [1.807, 2.05) is 63.2 Å². The van der Waals surface area contributed by atoms with Crippen LogP contribution < -0.4 is 10.6 Å². The second kappa shape index (κ2) is 11.0. The van der Waals surface area contributed by atoms with Crippen molar-refractivity contribution in [3.63, 3.8) is 0 Å². The quantitative estimate of drug-likeness (QED) is 0.190. The molecule has 0 radical (unpaired) electrons. The average molecular weight is 548 g/mol. The van der Waals surface area contributed by atoms with Gasteiger partial charge in [0.1, 0.15) is 0 Å². The molecule has 7 nitrogen and oxygen atoms in total. The van der Waals surface area contributed by atoms with Gasteiger partial charge in [0.2, 0.25) is 11.8 Å². The molecule has 2 heterocycles. The van der Waals surface area contributed by atoms with Crippen molar-refractivity contribution in [2.45, 2.75) is 30.3 Å². The molecule has 2 aromatic heterocycles. The summed E-state index contributed by atoms with van der Waals surface area (Å²) in [7, 11) is 0. The second-order valence-electron chi connectivity index (χ2n) is 8.67. The number of fused-ring (bicyclic) bond motifs is 2. The summed E-state index contributed by atoms with van der Waals surface area (Å²) in [6.07, 6.45) is 0. The van der Waals surface area contributed by atoms with Crippen LogP contribution in [0.15, 0.2) is 64.1 Å². The number of amides is 2. The van der Waals surface area contributed by atoms with E-state index in [9.17, 15) is 9.59 Å². The van der Waals surface area contributed by atoms with Gasteiger partial charge >= 0.3 is 0 Å². The molecule has 0 fully saturated rings. The van der Waals surface area contributed by atoms with Gasteiger partial charge in [0.15, 0.2) is 9.50 Å². The normalized spacial score (nSPS) is 11.2. The fourth-order valence-electron chi connectivity index (χ4n) is 4.05. The number of para-hydroxylation sites is 2. The van der Waals surface area contributed by atoms with Gasteiger partial charge in [-0.25, -0.2) is 9.97 Å². The fourth-order valence-corrected chi connectivity index (χ4v) is 6.64. The first-order valence-electron chi connectivity index (χ1n) is 11.6. The van der Waals surface area contributed by atoms with Crippen LogP contribution >= 0.6 is 34.9 Å². The molecule has 5 aromatic rings. The molecule has 0 saturated carbocycles. The third kappa shape index (κ3) is 6.15. The van der Waals surface area contributed by atoms with E-state index < -0.39 is 0 Å². The van der Waals surface area contributed by atoms with Crippen LogP contribution in [0.3, 0.4) is 0 Å². The number of H-pyrrole nitrogens is 1. The fraction of sp³-hybridized carbons (Fsp3) is 0.185. The molecular formula is C27H25N5O2S3. The summed E-state index contributed by atoms with van der Waals surface area (Å²) in [5.41, 5.74) is 7.55. The molecule has 3 N–H and O–H groups in total. The minimum atomic E-state index is -0.109. The van der Waals surface area contributed by atoms with Gasteiger partial charge in [-0.2, -0.15) is 0 Å². The largest absolute Gasteiger partial charge is 0.333 e. The van der Waals surface area contributed by atoms with E-state index in [4.69, 9.17) is 0 Å². The molecule has 0 aliphatic carbocycles.